The van der Waals surface area contributed by atoms with Crippen LogP contribution in [0.1, 0.15) is 12.0 Å². The molecular formula is C12H15NO. The molecule has 0 aliphatic rings. The van der Waals surface area contributed by atoms with E-state index < -0.39 is 0 Å². The fourth-order valence-corrected chi connectivity index (χ4v) is 1.40. The van der Waals surface area contributed by atoms with E-state index in [0.29, 0.717) is 12.8 Å². The van der Waals surface area contributed by atoms with Gasteiger partial charge in [0, 0.05) is 5.92 Å². The van der Waals surface area contributed by atoms with E-state index in [-0.39, 0.29) is 11.8 Å². The third-order valence-electron chi connectivity index (χ3n) is 2.18. The smallest absolute Gasteiger partial charge is 0.221 e. The number of benzene rings is 1. The van der Waals surface area contributed by atoms with Gasteiger partial charge in [0.25, 0.3) is 0 Å². The summed E-state index contributed by atoms with van der Waals surface area (Å²) in [5, 5.41) is 0. The van der Waals surface area contributed by atoms with Crippen LogP contribution < -0.4 is 5.73 Å². The summed E-state index contributed by atoms with van der Waals surface area (Å²) in [6.45, 7) is 3.62. The van der Waals surface area contributed by atoms with Crippen LogP contribution in [0.4, 0.5) is 0 Å². The van der Waals surface area contributed by atoms with Crippen LogP contribution in [0.3, 0.4) is 0 Å². The van der Waals surface area contributed by atoms with Crippen molar-refractivity contribution in [2.45, 2.75) is 12.8 Å². The first kappa shape index (κ1) is 10.5. The zero-order valence-corrected chi connectivity index (χ0v) is 8.15. The van der Waals surface area contributed by atoms with E-state index in [1.807, 2.05) is 30.3 Å². The predicted octanol–water partition coefficient (Wildman–Crippen LogP) is 1.91. The molecule has 0 saturated carbocycles. The van der Waals surface area contributed by atoms with Crippen molar-refractivity contribution in [1.82, 2.24) is 0 Å². The fraction of sp³-hybridized carbons (Fsp3) is 0.250. The van der Waals surface area contributed by atoms with Crippen LogP contribution in [0.15, 0.2) is 43.0 Å². The van der Waals surface area contributed by atoms with Crippen molar-refractivity contribution < 1.29 is 4.79 Å². The van der Waals surface area contributed by atoms with Gasteiger partial charge >= 0.3 is 0 Å². The van der Waals surface area contributed by atoms with Crippen molar-refractivity contribution in [2.24, 2.45) is 11.7 Å². The number of carbonyl (C=O) groups is 1. The molecule has 0 fully saturated rings. The molecule has 14 heavy (non-hydrogen) atoms. The van der Waals surface area contributed by atoms with E-state index >= 15 is 0 Å². The van der Waals surface area contributed by atoms with E-state index in [2.05, 4.69) is 6.58 Å². The first-order valence-electron chi connectivity index (χ1n) is 4.68. The van der Waals surface area contributed by atoms with E-state index in [9.17, 15) is 4.79 Å². The second-order valence-electron chi connectivity index (χ2n) is 3.31. The van der Waals surface area contributed by atoms with Gasteiger partial charge in [-0.05, 0) is 18.4 Å². The summed E-state index contributed by atoms with van der Waals surface area (Å²) < 4.78 is 0. The Kier molecular flexibility index (Phi) is 3.92. The van der Waals surface area contributed by atoms with Crippen molar-refractivity contribution in [2.75, 3.05) is 0 Å². The SMILES string of the molecule is C=CC[C@H](Cc1ccccc1)C(N)=O. The standard InChI is InChI=1S/C12H15NO/c1-2-6-11(12(13)14)9-10-7-4-3-5-8-10/h2-5,7-8,11H,1,6,9H2,(H2,13,14)/t11-/m1/s1. The Morgan fingerprint density at radius 2 is 2.07 bits per heavy atom. The van der Waals surface area contributed by atoms with Crippen molar-refractivity contribution in [1.29, 1.82) is 0 Å². The first-order valence-corrected chi connectivity index (χ1v) is 4.68. The molecule has 0 unspecified atom stereocenters. The van der Waals surface area contributed by atoms with Crippen LogP contribution in [-0.2, 0) is 11.2 Å². The van der Waals surface area contributed by atoms with Gasteiger partial charge < -0.3 is 5.73 Å². The minimum absolute atomic E-state index is 0.130. The number of allylic oxidation sites excluding steroid dienone is 1. The van der Waals surface area contributed by atoms with Crippen molar-refractivity contribution in [3.05, 3.63) is 48.6 Å². The molecule has 0 aliphatic carbocycles. The maximum Gasteiger partial charge on any atom is 0.221 e. The normalized spacial score (nSPS) is 12.0. The van der Waals surface area contributed by atoms with Crippen molar-refractivity contribution in [3.8, 4) is 0 Å². The highest BCUT2D eigenvalue weighted by Gasteiger charge is 2.13. The molecule has 1 aromatic carbocycles. The molecule has 1 aromatic rings. The summed E-state index contributed by atoms with van der Waals surface area (Å²) in [5.41, 5.74) is 6.42. The molecule has 2 nitrogen and oxygen atoms in total. The lowest BCUT2D eigenvalue weighted by Gasteiger charge is -2.10. The van der Waals surface area contributed by atoms with Gasteiger partial charge in [0.1, 0.15) is 0 Å². The molecule has 0 radical (unpaired) electrons. The van der Waals surface area contributed by atoms with E-state index in [0.717, 1.165) is 5.56 Å². The van der Waals surface area contributed by atoms with E-state index in [1.54, 1.807) is 6.08 Å². The summed E-state index contributed by atoms with van der Waals surface area (Å²) in [7, 11) is 0. The van der Waals surface area contributed by atoms with Crippen molar-refractivity contribution >= 4 is 5.91 Å². The summed E-state index contributed by atoms with van der Waals surface area (Å²) in [6.07, 6.45) is 3.07. The maximum atomic E-state index is 11.1. The predicted molar refractivity (Wildman–Crippen MR) is 57.6 cm³/mol. The Balaban J connectivity index is 2.64. The molecule has 0 saturated heterocycles. The number of primary amides is 1. The van der Waals surface area contributed by atoms with Crippen LogP contribution in [0.5, 0.6) is 0 Å². The van der Waals surface area contributed by atoms with Crippen LogP contribution in [0.2, 0.25) is 0 Å². The van der Waals surface area contributed by atoms with E-state index in [1.165, 1.54) is 0 Å². The Morgan fingerprint density at radius 1 is 1.43 bits per heavy atom. The van der Waals surface area contributed by atoms with Gasteiger partial charge in [0.15, 0.2) is 0 Å². The van der Waals surface area contributed by atoms with Crippen molar-refractivity contribution in [3.63, 3.8) is 0 Å². The van der Waals surface area contributed by atoms with Gasteiger partial charge in [0.2, 0.25) is 5.91 Å². The average Bonchev–Trinajstić information content (AvgIpc) is 2.18. The molecule has 1 atom stereocenters. The van der Waals surface area contributed by atoms with E-state index in [4.69, 9.17) is 5.73 Å². The topological polar surface area (TPSA) is 43.1 Å². The lowest BCUT2D eigenvalue weighted by atomic mass is 9.96. The minimum Gasteiger partial charge on any atom is -0.369 e. The second-order valence-corrected chi connectivity index (χ2v) is 3.31. The first-order chi connectivity index (χ1) is 6.74. The third kappa shape index (κ3) is 3.05. The van der Waals surface area contributed by atoms with Crippen LogP contribution >= 0.6 is 0 Å². The second kappa shape index (κ2) is 5.22. The summed E-state index contributed by atoms with van der Waals surface area (Å²) >= 11 is 0. The Hall–Kier alpha value is -1.57. The zero-order chi connectivity index (χ0) is 10.4. The van der Waals surface area contributed by atoms with Gasteiger partial charge in [-0.1, -0.05) is 36.4 Å². The highest BCUT2D eigenvalue weighted by molar-refractivity contribution is 5.77. The molecule has 0 heterocycles. The maximum absolute atomic E-state index is 11.1. The Morgan fingerprint density at radius 3 is 2.57 bits per heavy atom. The zero-order valence-electron chi connectivity index (χ0n) is 8.15. The number of hydrogen-bond acceptors (Lipinski definition) is 1. The molecule has 74 valence electrons. The lowest BCUT2D eigenvalue weighted by Crippen LogP contribution is -2.24. The minimum atomic E-state index is -0.256. The quantitative estimate of drug-likeness (QED) is 0.706. The molecule has 1 amide bonds. The molecular weight excluding hydrogens is 174 g/mol. The Bertz CT molecular complexity index is 305. The monoisotopic (exact) mass is 189 g/mol. The number of carbonyl (C=O) groups excluding carboxylic acids is 1. The molecule has 0 aliphatic heterocycles. The number of amides is 1. The highest BCUT2D eigenvalue weighted by Crippen LogP contribution is 2.12. The van der Waals surface area contributed by atoms with Gasteiger partial charge in [0.05, 0.1) is 0 Å². The average molecular weight is 189 g/mol. The number of rotatable bonds is 5. The van der Waals surface area contributed by atoms with Gasteiger partial charge in [-0.2, -0.15) is 0 Å². The molecule has 1 rings (SSSR count). The third-order valence-corrected chi connectivity index (χ3v) is 2.18. The number of hydrogen-bond donors (Lipinski definition) is 1. The van der Waals surface area contributed by atoms with Crippen LogP contribution in [0, 0.1) is 5.92 Å². The molecule has 2 N–H and O–H groups in total. The molecule has 0 bridgehead atoms. The lowest BCUT2D eigenvalue weighted by molar-refractivity contribution is -0.121. The molecule has 0 spiro atoms. The summed E-state index contributed by atoms with van der Waals surface area (Å²) in [4.78, 5) is 11.1. The van der Waals surface area contributed by atoms with Crippen LogP contribution in [-0.4, -0.2) is 5.91 Å². The van der Waals surface area contributed by atoms with Gasteiger partial charge in [-0.25, -0.2) is 0 Å². The largest absolute Gasteiger partial charge is 0.369 e. The highest BCUT2D eigenvalue weighted by atomic mass is 16.1. The van der Waals surface area contributed by atoms with Crippen LogP contribution in [0.25, 0.3) is 0 Å². The Labute approximate surface area is 84.4 Å². The van der Waals surface area contributed by atoms with Gasteiger partial charge in [-0.15, -0.1) is 6.58 Å². The summed E-state index contributed by atoms with van der Waals surface area (Å²) in [5.74, 6) is -0.386. The molecule has 2 heteroatoms. The van der Waals surface area contributed by atoms with Gasteiger partial charge in [-0.3, -0.25) is 4.79 Å². The molecule has 0 aromatic heterocycles. The number of nitrogens with two attached hydrogens (primary N) is 1. The summed E-state index contributed by atoms with van der Waals surface area (Å²) in [6, 6.07) is 9.87. The fourth-order valence-electron chi connectivity index (χ4n) is 1.40.